The van der Waals surface area contributed by atoms with Gasteiger partial charge in [-0.1, -0.05) is 42.5 Å². The fraction of sp³-hybridized carbons (Fsp3) is 0.0800. The number of nitrogens with zero attached hydrogens (tertiary/aromatic N) is 2. The number of aromatic nitrogens is 2. The molecule has 0 radical (unpaired) electrons. The van der Waals surface area contributed by atoms with E-state index in [9.17, 15) is 9.90 Å². The Balaban J connectivity index is 1.31. The molecule has 0 spiro atoms. The van der Waals surface area contributed by atoms with E-state index >= 15 is 0 Å². The predicted molar refractivity (Wildman–Crippen MR) is 123 cm³/mol. The number of carbonyl (C=O) groups is 1. The predicted octanol–water partition coefficient (Wildman–Crippen LogP) is 4.17. The molecule has 160 valence electrons. The Morgan fingerprint density at radius 2 is 1.78 bits per heavy atom. The zero-order valence-electron chi connectivity index (χ0n) is 17.2. The van der Waals surface area contributed by atoms with Crippen molar-refractivity contribution in [3.05, 3.63) is 102 Å². The molecule has 0 aliphatic carbocycles. The van der Waals surface area contributed by atoms with Crippen LogP contribution in [0.5, 0.6) is 11.5 Å². The monoisotopic (exact) mass is 426 g/mol. The zero-order chi connectivity index (χ0) is 22.2. The molecule has 3 aromatic carbocycles. The van der Waals surface area contributed by atoms with Crippen molar-refractivity contribution < 1.29 is 14.6 Å². The van der Waals surface area contributed by atoms with Gasteiger partial charge in [-0.05, 0) is 48.0 Å². The first-order valence-corrected chi connectivity index (χ1v) is 10.1. The van der Waals surface area contributed by atoms with Gasteiger partial charge in [-0.25, -0.2) is 5.43 Å². The summed E-state index contributed by atoms with van der Waals surface area (Å²) >= 11 is 0. The van der Waals surface area contributed by atoms with Crippen molar-refractivity contribution in [3.63, 3.8) is 0 Å². The van der Waals surface area contributed by atoms with Gasteiger partial charge in [0.15, 0.2) is 0 Å². The van der Waals surface area contributed by atoms with Crippen LogP contribution in [0.2, 0.25) is 0 Å². The quantitative estimate of drug-likeness (QED) is 0.291. The van der Waals surface area contributed by atoms with Crippen molar-refractivity contribution in [3.8, 4) is 22.8 Å². The van der Waals surface area contributed by atoms with Crippen LogP contribution >= 0.6 is 0 Å². The number of benzene rings is 3. The molecular formula is C25H22N4O3. The number of phenols is 1. The second kappa shape index (κ2) is 10.1. The molecule has 7 nitrogen and oxygen atoms in total. The van der Waals surface area contributed by atoms with Crippen LogP contribution in [-0.4, -0.2) is 34.0 Å². The second-order valence-corrected chi connectivity index (χ2v) is 7.03. The number of carbonyl (C=O) groups excluding carboxylic acids is 1. The number of ether oxygens (including phenoxy) is 1. The van der Waals surface area contributed by atoms with E-state index in [4.69, 9.17) is 4.74 Å². The molecule has 1 heterocycles. The maximum Gasteiger partial charge on any atom is 0.289 e. The van der Waals surface area contributed by atoms with Crippen LogP contribution in [0.4, 0.5) is 0 Å². The highest BCUT2D eigenvalue weighted by atomic mass is 16.5. The normalized spacial score (nSPS) is 10.9. The van der Waals surface area contributed by atoms with E-state index in [0.717, 1.165) is 17.7 Å². The zero-order valence-corrected chi connectivity index (χ0v) is 17.2. The summed E-state index contributed by atoms with van der Waals surface area (Å²) in [5, 5.41) is 20.5. The Morgan fingerprint density at radius 3 is 2.56 bits per heavy atom. The smallest absolute Gasteiger partial charge is 0.289 e. The maximum absolute atomic E-state index is 12.3. The summed E-state index contributed by atoms with van der Waals surface area (Å²) in [7, 11) is 0. The Labute approximate surface area is 185 Å². The average molecular weight is 426 g/mol. The number of rotatable bonds is 8. The van der Waals surface area contributed by atoms with Crippen LogP contribution in [0.15, 0.2) is 90.0 Å². The summed E-state index contributed by atoms with van der Waals surface area (Å²) < 4.78 is 5.81. The van der Waals surface area contributed by atoms with Gasteiger partial charge in [0, 0.05) is 17.5 Å². The highest BCUT2D eigenvalue weighted by Gasteiger charge is 2.10. The van der Waals surface area contributed by atoms with Crippen molar-refractivity contribution >= 4 is 12.1 Å². The summed E-state index contributed by atoms with van der Waals surface area (Å²) in [5.41, 5.74) is 5.92. The fourth-order valence-corrected chi connectivity index (χ4v) is 3.06. The molecule has 32 heavy (non-hydrogen) atoms. The molecule has 0 unspecified atom stereocenters. The largest absolute Gasteiger partial charge is 0.507 e. The molecule has 0 saturated heterocycles. The molecule has 0 aliphatic rings. The minimum Gasteiger partial charge on any atom is -0.507 e. The van der Waals surface area contributed by atoms with Crippen molar-refractivity contribution in [2.75, 3.05) is 6.61 Å². The van der Waals surface area contributed by atoms with E-state index in [1.54, 1.807) is 30.3 Å². The topological polar surface area (TPSA) is 99.6 Å². The van der Waals surface area contributed by atoms with Gasteiger partial charge in [0.1, 0.15) is 17.2 Å². The number of aromatic amines is 1. The first-order valence-electron chi connectivity index (χ1n) is 10.1. The summed E-state index contributed by atoms with van der Waals surface area (Å²) in [5.74, 6) is 0.426. The van der Waals surface area contributed by atoms with E-state index in [-0.39, 0.29) is 11.4 Å². The van der Waals surface area contributed by atoms with Crippen molar-refractivity contribution in [1.82, 2.24) is 15.6 Å². The highest BCUT2D eigenvalue weighted by molar-refractivity contribution is 5.94. The summed E-state index contributed by atoms with van der Waals surface area (Å²) in [6, 6.07) is 26.1. The van der Waals surface area contributed by atoms with E-state index in [1.165, 1.54) is 11.8 Å². The van der Waals surface area contributed by atoms with Gasteiger partial charge in [-0.15, -0.1) is 0 Å². The van der Waals surface area contributed by atoms with Crippen LogP contribution in [0.3, 0.4) is 0 Å². The first kappa shape index (κ1) is 20.9. The lowest BCUT2D eigenvalue weighted by atomic mass is 10.1. The number of amides is 1. The first-order chi connectivity index (χ1) is 15.7. The van der Waals surface area contributed by atoms with E-state index < -0.39 is 5.91 Å². The molecule has 0 aliphatic heterocycles. The number of H-pyrrole nitrogens is 1. The average Bonchev–Trinajstić information content (AvgIpc) is 3.32. The third-order valence-electron chi connectivity index (χ3n) is 4.78. The third-order valence-corrected chi connectivity index (χ3v) is 4.78. The Kier molecular flexibility index (Phi) is 6.57. The van der Waals surface area contributed by atoms with Crippen LogP contribution in [0, 0.1) is 0 Å². The van der Waals surface area contributed by atoms with Gasteiger partial charge in [0.05, 0.1) is 18.5 Å². The molecule has 3 N–H and O–H groups in total. The maximum atomic E-state index is 12.3. The molecule has 4 aromatic rings. The van der Waals surface area contributed by atoms with E-state index in [0.29, 0.717) is 17.9 Å². The lowest BCUT2D eigenvalue weighted by Crippen LogP contribution is -2.18. The number of aromatic hydroxyl groups is 1. The third kappa shape index (κ3) is 5.40. The minimum atomic E-state index is -0.434. The van der Waals surface area contributed by atoms with Crippen molar-refractivity contribution in [2.45, 2.75) is 6.42 Å². The summed E-state index contributed by atoms with van der Waals surface area (Å²) in [6.45, 7) is 0.595. The number of phenolic OH excluding ortho intramolecular Hbond substituents is 1. The Hall–Kier alpha value is -4.39. The van der Waals surface area contributed by atoms with Crippen LogP contribution in [0.1, 0.15) is 21.6 Å². The second-order valence-electron chi connectivity index (χ2n) is 7.03. The van der Waals surface area contributed by atoms with Gasteiger partial charge < -0.3 is 9.84 Å². The van der Waals surface area contributed by atoms with E-state index in [2.05, 4.69) is 32.9 Å². The number of hydrogen-bond donors (Lipinski definition) is 3. The molecule has 0 atom stereocenters. The summed E-state index contributed by atoms with van der Waals surface area (Å²) in [6.07, 6.45) is 2.22. The molecule has 1 amide bonds. The molecular weight excluding hydrogens is 404 g/mol. The number of para-hydroxylation sites is 1. The SMILES string of the molecule is O=C(NN=Cc1ccccc1O)c1cc(-c2ccc(OCCc3ccccc3)cc2)n[nH]1. The van der Waals surface area contributed by atoms with Gasteiger partial charge in [0.25, 0.3) is 5.91 Å². The van der Waals surface area contributed by atoms with Gasteiger partial charge in [0.2, 0.25) is 0 Å². The standard InChI is InChI=1S/C25H22N4O3/c30-24-9-5-4-8-20(24)17-26-29-25(31)23-16-22(27-28-23)19-10-12-21(13-11-19)32-15-14-18-6-2-1-3-7-18/h1-13,16-17,30H,14-15H2,(H,27,28)(H,29,31). The highest BCUT2D eigenvalue weighted by Crippen LogP contribution is 2.21. The van der Waals surface area contributed by atoms with Gasteiger partial charge >= 0.3 is 0 Å². The van der Waals surface area contributed by atoms with Gasteiger partial charge in [-0.3, -0.25) is 9.89 Å². The molecule has 4 rings (SSSR count). The van der Waals surface area contributed by atoms with E-state index in [1.807, 2.05) is 42.5 Å². The molecule has 0 fully saturated rings. The van der Waals surface area contributed by atoms with Crippen LogP contribution < -0.4 is 10.2 Å². The van der Waals surface area contributed by atoms with Crippen molar-refractivity contribution in [1.29, 1.82) is 0 Å². The molecule has 7 heteroatoms. The minimum absolute atomic E-state index is 0.0850. The van der Waals surface area contributed by atoms with Crippen LogP contribution in [0.25, 0.3) is 11.3 Å². The number of hydrogen-bond acceptors (Lipinski definition) is 5. The Morgan fingerprint density at radius 1 is 1.03 bits per heavy atom. The fourth-order valence-electron chi connectivity index (χ4n) is 3.06. The lowest BCUT2D eigenvalue weighted by Gasteiger charge is -2.06. The molecule has 0 bridgehead atoms. The van der Waals surface area contributed by atoms with Gasteiger partial charge in [-0.2, -0.15) is 10.2 Å². The molecule has 1 aromatic heterocycles. The van der Waals surface area contributed by atoms with Crippen molar-refractivity contribution in [2.24, 2.45) is 5.10 Å². The lowest BCUT2D eigenvalue weighted by molar-refractivity contribution is 0.0950. The summed E-state index contributed by atoms with van der Waals surface area (Å²) in [4.78, 5) is 12.3. The van der Waals surface area contributed by atoms with Crippen LogP contribution in [-0.2, 0) is 6.42 Å². The molecule has 0 saturated carbocycles. The number of nitrogens with one attached hydrogen (secondary N) is 2. The number of hydrazone groups is 1. The Bertz CT molecular complexity index is 1200.